The molecule has 30 heavy (non-hydrogen) atoms. The van der Waals surface area contributed by atoms with Crippen LogP contribution in [0.3, 0.4) is 0 Å². The Labute approximate surface area is 178 Å². The van der Waals surface area contributed by atoms with Crippen LogP contribution >= 0.6 is 11.3 Å². The Balaban J connectivity index is 1.53. The Kier molecular flexibility index (Phi) is 5.97. The van der Waals surface area contributed by atoms with Crippen LogP contribution in [0.1, 0.15) is 32.2 Å². The summed E-state index contributed by atoms with van der Waals surface area (Å²) >= 11 is 1.45. The molecule has 152 valence electrons. The summed E-state index contributed by atoms with van der Waals surface area (Å²) in [4.78, 5) is 18.3. The molecule has 0 radical (unpaired) electrons. The van der Waals surface area contributed by atoms with Crippen molar-refractivity contribution in [1.29, 1.82) is 0 Å². The third-order valence-corrected chi connectivity index (χ3v) is 5.45. The highest BCUT2D eigenvalue weighted by Crippen LogP contribution is 2.22. The van der Waals surface area contributed by atoms with Gasteiger partial charge in [0.2, 0.25) is 0 Å². The minimum atomic E-state index is -0.360. The first-order valence-corrected chi connectivity index (χ1v) is 10.3. The van der Waals surface area contributed by atoms with Crippen LogP contribution in [0, 0.1) is 6.92 Å². The van der Waals surface area contributed by atoms with E-state index in [4.69, 9.17) is 4.74 Å². The average Bonchev–Trinajstić information content (AvgIpc) is 3.37. The Morgan fingerprint density at radius 2 is 1.90 bits per heavy atom. The molecule has 0 aliphatic rings. The largest absolute Gasteiger partial charge is 0.378 e. The SMILES string of the molecule is COCc1c(C(=O)Nc2ncc(Cc3ccccc3)s2)nnn1-c1ccc(C)cc1. The molecule has 0 aliphatic carbocycles. The normalized spacial score (nSPS) is 10.9. The fourth-order valence-corrected chi connectivity index (χ4v) is 3.88. The molecule has 0 bridgehead atoms. The Morgan fingerprint density at radius 3 is 2.63 bits per heavy atom. The molecule has 4 rings (SSSR count). The van der Waals surface area contributed by atoms with Crippen molar-refractivity contribution in [2.24, 2.45) is 0 Å². The van der Waals surface area contributed by atoms with Gasteiger partial charge in [0.15, 0.2) is 10.8 Å². The number of anilines is 1. The standard InChI is InChI=1S/C22H21N5O2S/c1-15-8-10-17(11-9-15)27-19(14-29-2)20(25-26-27)21(28)24-22-23-13-18(30-22)12-16-6-4-3-5-7-16/h3-11,13H,12,14H2,1-2H3,(H,23,24,28). The highest BCUT2D eigenvalue weighted by Gasteiger charge is 2.21. The molecule has 0 atom stereocenters. The minimum Gasteiger partial charge on any atom is -0.378 e. The summed E-state index contributed by atoms with van der Waals surface area (Å²) in [5, 5.41) is 11.6. The van der Waals surface area contributed by atoms with E-state index in [-0.39, 0.29) is 18.2 Å². The number of nitrogens with zero attached hydrogens (tertiary/aromatic N) is 4. The van der Waals surface area contributed by atoms with Gasteiger partial charge in [-0.1, -0.05) is 53.2 Å². The van der Waals surface area contributed by atoms with Gasteiger partial charge < -0.3 is 4.74 Å². The van der Waals surface area contributed by atoms with Crippen molar-refractivity contribution in [3.8, 4) is 5.69 Å². The fourth-order valence-electron chi connectivity index (χ4n) is 3.04. The van der Waals surface area contributed by atoms with Gasteiger partial charge >= 0.3 is 0 Å². The molecule has 4 aromatic rings. The van der Waals surface area contributed by atoms with Gasteiger partial charge in [0.25, 0.3) is 5.91 Å². The number of aromatic nitrogens is 4. The molecule has 0 saturated heterocycles. The molecular weight excluding hydrogens is 398 g/mol. The Bertz CT molecular complexity index is 1140. The van der Waals surface area contributed by atoms with Crippen LogP contribution in [-0.4, -0.2) is 33.0 Å². The van der Waals surface area contributed by atoms with Crippen molar-refractivity contribution < 1.29 is 9.53 Å². The number of methoxy groups -OCH3 is 1. The van der Waals surface area contributed by atoms with Crippen LogP contribution in [-0.2, 0) is 17.8 Å². The van der Waals surface area contributed by atoms with Gasteiger partial charge in [0, 0.05) is 24.6 Å². The summed E-state index contributed by atoms with van der Waals surface area (Å²) < 4.78 is 6.92. The number of benzene rings is 2. The molecule has 1 amide bonds. The molecule has 0 unspecified atom stereocenters. The van der Waals surface area contributed by atoms with E-state index in [0.29, 0.717) is 10.8 Å². The Morgan fingerprint density at radius 1 is 1.13 bits per heavy atom. The molecule has 0 aliphatic heterocycles. The van der Waals surface area contributed by atoms with E-state index >= 15 is 0 Å². The number of hydrogen-bond acceptors (Lipinski definition) is 6. The van der Waals surface area contributed by atoms with Crippen molar-refractivity contribution in [3.05, 3.63) is 88.2 Å². The van der Waals surface area contributed by atoms with Gasteiger partial charge in [-0.2, -0.15) is 0 Å². The summed E-state index contributed by atoms with van der Waals surface area (Å²) in [7, 11) is 1.57. The summed E-state index contributed by atoms with van der Waals surface area (Å²) in [5.74, 6) is -0.360. The van der Waals surface area contributed by atoms with Crippen LogP contribution in [0.2, 0.25) is 0 Å². The summed E-state index contributed by atoms with van der Waals surface area (Å²) in [6.07, 6.45) is 2.55. The molecular formula is C22H21N5O2S. The quantitative estimate of drug-likeness (QED) is 0.489. The van der Waals surface area contributed by atoms with E-state index in [1.807, 2.05) is 49.4 Å². The van der Waals surface area contributed by atoms with Crippen molar-refractivity contribution in [2.45, 2.75) is 20.0 Å². The van der Waals surface area contributed by atoms with E-state index in [1.165, 1.54) is 16.9 Å². The van der Waals surface area contributed by atoms with Gasteiger partial charge in [-0.3, -0.25) is 10.1 Å². The van der Waals surface area contributed by atoms with Crippen LogP contribution in [0.15, 0.2) is 60.8 Å². The maximum absolute atomic E-state index is 12.9. The predicted molar refractivity (Wildman–Crippen MR) is 116 cm³/mol. The smallest absolute Gasteiger partial charge is 0.280 e. The van der Waals surface area contributed by atoms with E-state index < -0.39 is 0 Å². The zero-order valence-electron chi connectivity index (χ0n) is 16.7. The number of carbonyl (C=O) groups excluding carboxylic acids is 1. The van der Waals surface area contributed by atoms with Crippen LogP contribution in [0.25, 0.3) is 5.69 Å². The first kappa shape index (κ1) is 19.9. The summed E-state index contributed by atoms with van der Waals surface area (Å²) in [6.45, 7) is 2.22. The van der Waals surface area contributed by atoms with Crippen molar-refractivity contribution in [1.82, 2.24) is 20.0 Å². The van der Waals surface area contributed by atoms with Gasteiger partial charge in [-0.25, -0.2) is 9.67 Å². The first-order valence-electron chi connectivity index (χ1n) is 9.44. The second-order valence-electron chi connectivity index (χ2n) is 6.81. The van der Waals surface area contributed by atoms with E-state index in [1.54, 1.807) is 18.0 Å². The third kappa shape index (κ3) is 4.45. The maximum Gasteiger partial charge on any atom is 0.280 e. The second-order valence-corrected chi connectivity index (χ2v) is 7.93. The number of hydrogen-bond donors (Lipinski definition) is 1. The van der Waals surface area contributed by atoms with Crippen molar-refractivity contribution in [2.75, 3.05) is 12.4 Å². The van der Waals surface area contributed by atoms with Crippen molar-refractivity contribution >= 4 is 22.4 Å². The molecule has 0 fully saturated rings. The van der Waals surface area contributed by atoms with Crippen LogP contribution < -0.4 is 5.32 Å². The molecule has 7 nitrogen and oxygen atoms in total. The monoisotopic (exact) mass is 419 g/mol. The van der Waals surface area contributed by atoms with Gasteiger partial charge in [0.1, 0.15) is 5.69 Å². The topological polar surface area (TPSA) is 81.9 Å². The molecule has 1 N–H and O–H groups in total. The molecule has 2 heterocycles. The lowest BCUT2D eigenvalue weighted by molar-refractivity contribution is 0.101. The van der Waals surface area contributed by atoms with Crippen molar-refractivity contribution in [3.63, 3.8) is 0 Å². The highest BCUT2D eigenvalue weighted by atomic mass is 32.1. The molecule has 0 spiro atoms. The molecule has 0 saturated carbocycles. The number of nitrogens with one attached hydrogen (secondary N) is 1. The second kappa shape index (κ2) is 8.98. The highest BCUT2D eigenvalue weighted by molar-refractivity contribution is 7.15. The Hall–Kier alpha value is -3.36. The predicted octanol–water partition coefficient (Wildman–Crippen LogP) is 4.02. The lowest BCUT2D eigenvalue weighted by Crippen LogP contribution is -2.15. The maximum atomic E-state index is 12.9. The summed E-state index contributed by atoms with van der Waals surface area (Å²) in [6, 6.07) is 18.0. The zero-order valence-corrected chi connectivity index (χ0v) is 17.5. The number of aryl methyl sites for hydroxylation is 1. The third-order valence-electron chi connectivity index (χ3n) is 4.53. The molecule has 8 heteroatoms. The number of thiazole rings is 1. The number of carbonyl (C=O) groups is 1. The van der Waals surface area contributed by atoms with Crippen LogP contribution in [0.4, 0.5) is 5.13 Å². The average molecular weight is 420 g/mol. The zero-order chi connectivity index (χ0) is 20.9. The van der Waals surface area contributed by atoms with Crippen LogP contribution in [0.5, 0.6) is 0 Å². The molecule has 2 aromatic carbocycles. The van der Waals surface area contributed by atoms with Gasteiger partial charge in [-0.15, -0.1) is 16.4 Å². The lowest BCUT2D eigenvalue weighted by Gasteiger charge is -2.07. The summed E-state index contributed by atoms with van der Waals surface area (Å²) in [5.41, 5.74) is 3.96. The minimum absolute atomic E-state index is 0.209. The van der Waals surface area contributed by atoms with E-state index in [9.17, 15) is 4.79 Å². The van der Waals surface area contributed by atoms with E-state index in [2.05, 4.69) is 32.7 Å². The fraction of sp³-hybridized carbons (Fsp3) is 0.182. The van der Waals surface area contributed by atoms with Gasteiger partial charge in [-0.05, 0) is 24.6 Å². The van der Waals surface area contributed by atoms with E-state index in [0.717, 1.165) is 22.5 Å². The number of amides is 1. The number of ether oxygens (including phenoxy) is 1. The number of rotatable bonds is 7. The lowest BCUT2D eigenvalue weighted by atomic mass is 10.1. The first-order chi connectivity index (χ1) is 14.6. The van der Waals surface area contributed by atoms with Gasteiger partial charge in [0.05, 0.1) is 12.3 Å². The molecule has 2 aromatic heterocycles.